The maximum absolute atomic E-state index is 5.66. The van der Waals surface area contributed by atoms with E-state index in [1.165, 1.54) is 11.8 Å². The van der Waals surface area contributed by atoms with Gasteiger partial charge in [0.05, 0.1) is 11.7 Å². The second-order valence-electron chi connectivity index (χ2n) is 3.89. The molecular formula is C10H12N6S. The molecule has 1 saturated carbocycles. The number of aromatic nitrogens is 5. The van der Waals surface area contributed by atoms with E-state index in [0.29, 0.717) is 12.6 Å². The first-order valence-electron chi connectivity index (χ1n) is 5.48. The highest BCUT2D eigenvalue weighted by atomic mass is 32.2. The second kappa shape index (κ2) is 4.42. The summed E-state index contributed by atoms with van der Waals surface area (Å²) in [5.41, 5.74) is 6.53. The van der Waals surface area contributed by atoms with Crippen molar-refractivity contribution in [1.29, 1.82) is 0 Å². The van der Waals surface area contributed by atoms with Crippen molar-refractivity contribution in [2.24, 2.45) is 5.73 Å². The molecule has 0 aliphatic heterocycles. The van der Waals surface area contributed by atoms with Crippen molar-refractivity contribution >= 4 is 11.8 Å². The van der Waals surface area contributed by atoms with Crippen molar-refractivity contribution in [3.63, 3.8) is 0 Å². The monoisotopic (exact) mass is 248 g/mol. The van der Waals surface area contributed by atoms with Crippen molar-refractivity contribution in [2.75, 3.05) is 0 Å². The summed E-state index contributed by atoms with van der Waals surface area (Å²) >= 11 is 1.52. The highest BCUT2D eigenvalue weighted by Gasteiger charge is 2.28. The predicted octanol–water partition coefficient (Wildman–Crippen LogP) is 1.01. The Kier molecular flexibility index (Phi) is 2.77. The van der Waals surface area contributed by atoms with Crippen molar-refractivity contribution < 1.29 is 0 Å². The van der Waals surface area contributed by atoms with Gasteiger partial charge < -0.3 is 5.73 Å². The van der Waals surface area contributed by atoms with E-state index >= 15 is 0 Å². The van der Waals surface area contributed by atoms with Crippen LogP contribution >= 0.6 is 11.8 Å². The summed E-state index contributed by atoms with van der Waals surface area (Å²) in [6.45, 7) is 0.425. The summed E-state index contributed by atoms with van der Waals surface area (Å²) < 4.78 is 1.89. The number of rotatable bonds is 4. The zero-order chi connectivity index (χ0) is 11.7. The SMILES string of the molecule is NCc1ncccc1Sc1nnnn1C1CC1. The standard InChI is InChI=1S/C10H12N6S/c11-6-8-9(2-1-5-12-8)17-10-13-14-15-16(10)7-3-4-7/h1-2,5,7H,3-4,6,11H2. The minimum absolute atomic E-state index is 0.425. The molecule has 0 spiro atoms. The van der Waals surface area contributed by atoms with E-state index in [1.54, 1.807) is 6.20 Å². The minimum Gasteiger partial charge on any atom is -0.325 e. The molecule has 0 unspecified atom stereocenters. The summed E-state index contributed by atoms with van der Waals surface area (Å²) in [7, 11) is 0. The Labute approximate surface area is 103 Å². The average Bonchev–Trinajstić information content (AvgIpc) is 3.11. The van der Waals surface area contributed by atoms with Crippen LogP contribution in [0.1, 0.15) is 24.6 Å². The highest BCUT2D eigenvalue weighted by Crippen LogP contribution is 2.38. The van der Waals surface area contributed by atoms with Gasteiger partial charge in [0.1, 0.15) is 0 Å². The molecule has 0 radical (unpaired) electrons. The first-order chi connectivity index (χ1) is 8.38. The molecule has 7 heteroatoms. The molecule has 2 aromatic rings. The van der Waals surface area contributed by atoms with Crippen LogP contribution < -0.4 is 5.73 Å². The third-order valence-electron chi connectivity index (χ3n) is 2.60. The molecule has 1 fully saturated rings. The van der Waals surface area contributed by atoms with Crippen LogP contribution in [0.25, 0.3) is 0 Å². The lowest BCUT2D eigenvalue weighted by Gasteiger charge is -2.05. The lowest BCUT2D eigenvalue weighted by atomic mass is 10.3. The van der Waals surface area contributed by atoms with Crippen LogP contribution in [-0.2, 0) is 6.54 Å². The van der Waals surface area contributed by atoms with Crippen molar-refractivity contribution in [1.82, 2.24) is 25.2 Å². The molecule has 0 amide bonds. The molecule has 2 N–H and O–H groups in total. The molecule has 6 nitrogen and oxygen atoms in total. The van der Waals surface area contributed by atoms with E-state index in [0.717, 1.165) is 28.6 Å². The van der Waals surface area contributed by atoms with Gasteiger partial charge in [-0.15, -0.1) is 5.10 Å². The van der Waals surface area contributed by atoms with Crippen molar-refractivity contribution in [3.05, 3.63) is 24.0 Å². The van der Waals surface area contributed by atoms with Gasteiger partial charge in [-0.25, -0.2) is 4.68 Å². The molecule has 0 atom stereocenters. The van der Waals surface area contributed by atoms with Crippen LogP contribution in [0.5, 0.6) is 0 Å². The second-order valence-corrected chi connectivity index (χ2v) is 4.90. The number of nitrogens with two attached hydrogens (primary N) is 1. The average molecular weight is 248 g/mol. The zero-order valence-corrected chi connectivity index (χ0v) is 9.97. The quantitative estimate of drug-likeness (QED) is 0.869. The van der Waals surface area contributed by atoms with Gasteiger partial charge >= 0.3 is 0 Å². The van der Waals surface area contributed by atoms with E-state index in [9.17, 15) is 0 Å². The van der Waals surface area contributed by atoms with Gasteiger partial charge in [0, 0.05) is 17.6 Å². The summed E-state index contributed by atoms with van der Waals surface area (Å²) in [6.07, 6.45) is 4.07. The molecule has 1 aliphatic rings. The molecule has 0 saturated heterocycles. The summed E-state index contributed by atoms with van der Waals surface area (Å²) in [5.74, 6) is 0. The van der Waals surface area contributed by atoms with Gasteiger partial charge in [-0.05, 0) is 47.2 Å². The Morgan fingerprint density at radius 1 is 1.47 bits per heavy atom. The predicted molar refractivity (Wildman–Crippen MR) is 62.3 cm³/mol. The van der Waals surface area contributed by atoms with E-state index in [4.69, 9.17) is 5.73 Å². The Bertz CT molecular complexity index is 521. The summed E-state index contributed by atoms with van der Waals surface area (Å²) in [6, 6.07) is 4.36. The van der Waals surface area contributed by atoms with Crippen molar-refractivity contribution in [3.8, 4) is 0 Å². The number of nitrogens with zero attached hydrogens (tertiary/aromatic N) is 5. The minimum atomic E-state index is 0.425. The van der Waals surface area contributed by atoms with Gasteiger partial charge in [0.15, 0.2) is 0 Å². The fourth-order valence-electron chi connectivity index (χ4n) is 1.57. The molecule has 1 aliphatic carbocycles. The van der Waals surface area contributed by atoms with Crippen LogP contribution in [-0.4, -0.2) is 25.2 Å². The van der Waals surface area contributed by atoms with Gasteiger partial charge in [-0.1, -0.05) is 0 Å². The molecule has 3 rings (SSSR count). The molecular weight excluding hydrogens is 236 g/mol. The van der Waals surface area contributed by atoms with Gasteiger partial charge in [-0.3, -0.25) is 4.98 Å². The molecule has 0 aromatic carbocycles. The van der Waals surface area contributed by atoms with E-state index in [-0.39, 0.29) is 0 Å². The molecule has 17 heavy (non-hydrogen) atoms. The third kappa shape index (κ3) is 2.16. The lowest BCUT2D eigenvalue weighted by molar-refractivity contribution is 0.565. The maximum atomic E-state index is 5.66. The first-order valence-corrected chi connectivity index (χ1v) is 6.30. The fraction of sp³-hybridized carbons (Fsp3) is 0.400. The first kappa shape index (κ1) is 10.7. The smallest absolute Gasteiger partial charge is 0.214 e. The summed E-state index contributed by atoms with van der Waals surface area (Å²) in [5, 5.41) is 12.6. The van der Waals surface area contributed by atoms with E-state index in [1.807, 2.05) is 16.8 Å². The van der Waals surface area contributed by atoms with Crippen molar-refractivity contribution in [2.45, 2.75) is 35.5 Å². The van der Waals surface area contributed by atoms with Gasteiger partial charge in [0.2, 0.25) is 5.16 Å². The largest absolute Gasteiger partial charge is 0.325 e. The Morgan fingerprint density at radius 2 is 2.35 bits per heavy atom. The molecule has 2 aromatic heterocycles. The Morgan fingerprint density at radius 3 is 3.12 bits per heavy atom. The topological polar surface area (TPSA) is 82.5 Å². The number of hydrogen-bond donors (Lipinski definition) is 1. The third-order valence-corrected chi connectivity index (χ3v) is 3.64. The normalized spacial score (nSPS) is 15.1. The Balaban J connectivity index is 1.88. The van der Waals surface area contributed by atoms with Crippen LogP contribution in [0.4, 0.5) is 0 Å². The molecule has 2 heterocycles. The van der Waals surface area contributed by atoms with E-state index < -0.39 is 0 Å². The summed E-state index contributed by atoms with van der Waals surface area (Å²) in [4.78, 5) is 5.26. The van der Waals surface area contributed by atoms with Crippen LogP contribution in [0.2, 0.25) is 0 Å². The number of pyridine rings is 1. The zero-order valence-electron chi connectivity index (χ0n) is 9.15. The van der Waals surface area contributed by atoms with Crippen LogP contribution in [0, 0.1) is 0 Å². The van der Waals surface area contributed by atoms with Crippen LogP contribution in [0.3, 0.4) is 0 Å². The molecule has 0 bridgehead atoms. The number of tetrazole rings is 1. The van der Waals surface area contributed by atoms with E-state index in [2.05, 4.69) is 20.5 Å². The van der Waals surface area contributed by atoms with Crippen LogP contribution in [0.15, 0.2) is 28.4 Å². The van der Waals surface area contributed by atoms with Gasteiger partial charge in [-0.2, -0.15) is 0 Å². The molecule has 88 valence electrons. The van der Waals surface area contributed by atoms with Gasteiger partial charge in [0.25, 0.3) is 0 Å². The Hall–Kier alpha value is -1.47. The lowest BCUT2D eigenvalue weighted by Crippen LogP contribution is -2.02. The number of hydrogen-bond acceptors (Lipinski definition) is 6. The fourth-order valence-corrected chi connectivity index (χ4v) is 2.52. The highest BCUT2D eigenvalue weighted by molar-refractivity contribution is 7.99. The maximum Gasteiger partial charge on any atom is 0.214 e.